The molecule has 5 nitrogen and oxygen atoms in total. The van der Waals surface area contributed by atoms with Crippen LogP contribution < -0.4 is 0 Å². The number of benzene rings is 1. The van der Waals surface area contributed by atoms with E-state index in [2.05, 4.69) is 0 Å². The molecule has 0 unspecified atom stereocenters. The van der Waals surface area contributed by atoms with Crippen LogP contribution in [0, 0.1) is 0 Å². The first kappa shape index (κ1) is 16.2. The lowest BCUT2D eigenvalue weighted by atomic mass is 9.94. The minimum atomic E-state index is -3.25. The summed E-state index contributed by atoms with van der Waals surface area (Å²) in [4.78, 5) is 23.8. The van der Waals surface area contributed by atoms with Crippen LogP contribution in [0.3, 0.4) is 0 Å². The Balaban J connectivity index is 2.33. The number of halogens is 2. The number of rotatable bonds is 1. The zero-order chi connectivity index (χ0) is 16.7. The molecular formula is C15H17F2NO4. The maximum Gasteiger partial charge on any atom is 0.410 e. The first-order chi connectivity index (χ1) is 9.99. The number of carboxylic acids is 1. The van der Waals surface area contributed by atoms with Crippen LogP contribution in [0.2, 0.25) is 0 Å². The van der Waals surface area contributed by atoms with Crippen LogP contribution in [0.4, 0.5) is 13.6 Å². The van der Waals surface area contributed by atoms with Crippen LogP contribution in [0.1, 0.15) is 42.3 Å². The van der Waals surface area contributed by atoms with Crippen molar-refractivity contribution in [3.8, 4) is 0 Å². The number of hydrogen-bond acceptors (Lipinski definition) is 3. The summed E-state index contributed by atoms with van der Waals surface area (Å²) in [5, 5.41) is 8.95. The van der Waals surface area contributed by atoms with E-state index in [-0.39, 0.29) is 23.2 Å². The number of ether oxygens (including phenoxy) is 1. The Morgan fingerprint density at radius 2 is 1.95 bits per heavy atom. The van der Waals surface area contributed by atoms with Crippen LogP contribution in [0.25, 0.3) is 0 Å². The summed E-state index contributed by atoms with van der Waals surface area (Å²) in [7, 11) is 0. The van der Waals surface area contributed by atoms with Crippen molar-refractivity contribution >= 4 is 12.1 Å². The number of carbonyl (C=O) groups excluding carboxylic acids is 1. The Morgan fingerprint density at radius 1 is 1.32 bits per heavy atom. The predicted molar refractivity (Wildman–Crippen MR) is 73.9 cm³/mol. The van der Waals surface area contributed by atoms with Crippen LogP contribution >= 0.6 is 0 Å². The average Bonchev–Trinajstić information content (AvgIpc) is 2.35. The molecule has 1 aromatic carbocycles. The molecule has 2 rings (SSSR count). The average molecular weight is 313 g/mol. The van der Waals surface area contributed by atoms with Crippen molar-refractivity contribution in [1.82, 2.24) is 4.90 Å². The fourth-order valence-corrected chi connectivity index (χ4v) is 2.26. The van der Waals surface area contributed by atoms with Gasteiger partial charge in [0.2, 0.25) is 0 Å². The second-order valence-electron chi connectivity index (χ2n) is 6.22. The Labute approximate surface area is 126 Å². The molecule has 1 aliphatic heterocycles. The maximum absolute atomic E-state index is 14.2. The zero-order valence-corrected chi connectivity index (χ0v) is 12.5. The first-order valence-corrected chi connectivity index (χ1v) is 6.72. The number of nitrogens with zero attached hydrogens (tertiary/aromatic N) is 1. The third kappa shape index (κ3) is 3.35. The lowest BCUT2D eigenvalue weighted by Gasteiger charge is -2.35. The highest BCUT2D eigenvalue weighted by molar-refractivity contribution is 5.88. The molecule has 22 heavy (non-hydrogen) atoms. The van der Waals surface area contributed by atoms with Crippen molar-refractivity contribution in [2.24, 2.45) is 0 Å². The lowest BCUT2D eigenvalue weighted by molar-refractivity contribution is -0.0591. The molecule has 0 fully saturated rings. The second kappa shape index (κ2) is 5.23. The molecule has 1 aliphatic rings. The largest absolute Gasteiger partial charge is 0.478 e. The highest BCUT2D eigenvalue weighted by Crippen LogP contribution is 2.37. The fourth-order valence-electron chi connectivity index (χ4n) is 2.26. The van der Waals surface area contributed by atoms with Crippen LogP contribution in [-0.2, 0) is 17.2 Å². The molecule has 1 heterocycles. The van der Waals surface area contributed by atoms with Crippen LogP contribution in [0.5, 0.6) is 0 Å². The lowest BCUT2D eigenvalue weighted by Crippen LogP contribution is -2.45. The topological polar surface area (TPSA) is 66.8 Å². The second-order valence-corrected chi connectivity index (χ2v) is 6.22. The van der Waals surface area contributed by atoms with E-state index in [0.29, 0.717) is 0 Å². The van der Waals surface area contributed by atoms with Gasteiger partial charge in [-0.05, 0) is 38.5 Å². The zero-order valence-electron chi connectivity index (χ0n) is 12.5. The van der Waals surface area contributed by atoms with Gasteiger partial charge < -0.3 is 9.84 Å². The maximum atomic E-state index is 14.2. The smallest absolute Gasteiger partial charge is 0.410 e. The molecule has 1 amide bonds. The Bertz CT molecular complexity index is 622. The number of amides is 1. The van der Waals surface area contributed by atoms with Gasteiger partial charge in [-0.25, -0.2) is 9.59 Å². The number of alkyl halides is 2. The number of hydrogen-bond donors (Lipinski definition) is 1. The molecule has 1 N–H and O–H groups in total. The Morgan fingerprint density at radius 3 is 2.50 bits per heavy atom. The molecule has 0 spiro atoms. The third-order valence-corrected chi connectivity index (χ3v) is 3.15. The molecular weight excluding hydrogens is 296 g/mol. The van der Waals surface area contributed by atoms with Gasteiger partial charge in [0.05, 0.1) is 12.1 Å². The Kier molecular flexibility index (Phi) is 3.85. The molecule has 0 aliphatic carbocycles. The molecule has 0 radical (unpaired) electrons. The van der Waals surface area contributed by atoms with Gasteiger partial charge in [0, 0.05) is 12.1 Å². The molecule has 0 aromatic heterocycles. The van der Waals surface area contributed by atoms with Gasteiger partial charge in [0.25, 0.3) is 5.92 Å². The summed E-state index contributed by atoms with van der Waals surface area (Å²) < 4.78 is 33.5. The summed E-state index contributed by atoms with van der Waals surface area (Å²) in [5.41, 5.74) is -1.03. The molecule has 0 saturated carbocycles. The monoisotopic (exact) mass is 313 g/mol. The summed E-state index contributed by atoms with van der Waals surface area (Å²) in [5.74, 6) is -4.46. The van der Waals surface area contributed by atoms with Crippen molar-refractivity contribution < 1.29 is 28.2 Å². The minimum absolute atomic E-state index is 0.0967. The minimum Gasteiger partial charge on any atom is -0.478 e. The fraction of sp³-hybridized carbons (Fsp3) is 0.467. The van der Waals surface area contributed by atoms with Crippen molar-refractivity contribution in [3.63, 3.8) is 0 Å². The van der Waals surface area contributed by atoms with Crippen LogP contribution in [0.15, 0.2) is 18.2 Å². The van der Waals surface area contributed by atoms with E-state index in [1.54, 1.807) is 20.8 Å². The Hall–Kier alpha value is -2.18. The van der Waals surface area contributed by atoms with Crippen molar-refractivity contribution in [2.75, 3.05) is 6.54 Å². The van der Waals surface area contributed by atoms with Gasteiger partial charge in [-0.1, -0.05) is 6.07 Å². The van der Waals surface area contributed by atoms with E-state index in [9.17, 15) is 18.4 Å². The van der Waals surface area contributed by atoms with Crippen molar-refractivity contribution in [2.45, 2.75) is 38.8 Å². The van der Waals surface area contributed by atoms with Gasteiger partial charge >= 0.3 is 12.1 Å². The molecule has 120 valence electrons. The van der Waals surface area contributed by atoms with Crippen molar-refractivity contribution in [1.29, 1.82) is 0 Å². The SMILES string of the molecule is CC(C)(C)OC(=O)N1Cc2cc(C(=O)O)ccc2C(F)(F)C1. The van der Waals surface area contributed by atoms with E-state index in [0.717, 1.165) is 17.0 Å². The number of carboxylic acid groups (broad SMARTS) is 1. The quantitative estimate of drug-likeness (QED) is 0.864. The third-order valence-electron chi connectivity index (χ3n) is 3.15. The van der Waals surface area contributed by atoms with Gasteiger partial charge in [-0.2, -0.15) is 8.78 Å². The van der Waals surface area contributed by atoms with E-state index in [1.165, 1.54) is 6.07 Å². The molecule has 0 saturated heterocycles. The highest BCUT2D eigenvalue weighted by atomic mass is 19.3. The molecule has 7 heteroatoms. The van der Waals surface area contributed by atoms with Gasteiger partial charge in [0.1, 0.15) is 5.60 Å². The summed E-state index contributed by atoms with van der Waals surface area (Å²) in [6.07, 6.45) is -0.849. The predicted octanol–water partition coefficient (Wildman–Crippen LogP) is 3.23. The van der Waals surface area contributed by atoms with Crippen molar-refractivity contribution in [3.05, 3.63) is 34.9 Å². The van der Waals surface area contributed by atoms with Gasteiger partial charge in [-0.15, -0.1) is 0 Å². The summed E-state index contributed by atoms with van der Waals surface area (Å²) >= 11 is 0. The van der Waals surface area contributed by atoms with E-state index in [1.807, 2.05) is 0 Å². The first-order valence-electron chi connectivity index (χ1n) is 6.72. The summed E-state index contributed by atoms with van der Waals surface area (Å²) in [6, 6.07) is 3.41. The van der Waals surface area contributed by atoms with E-state index >= 15 is 0 Å². The molecule has 0 bridgehead atoms. The normalized spacial score (nSPS) is 16.9. The van der Waals surface area contributed by atoms with E-state index in [4.69, 9.17) is 9.84 Å². The van der Waals surface area contributed by atoms with Gasteiger partial charge in [0.15, 0.2) is 0 Å². The molecule has 0 atom stereocenters. The number of fused-ring (bicyclic) bond motifs is 1. The number of carbonyl (C=O) groups is 2. The van der Waals surface area contributed by atoms with Gasteiger partial charge in [-0.3, -0.25) is 4.90 Å². The number of aromatic carboxylic acids is 1. The summed E-state index contributed by atoms with van der Waals surface area (Å²) in [6.45, 7) is 4.03. The molecule has 1 aromatic rings. The van der Waals surface area contributed by atoms with E-state index < -0.39 is 30.1 Å². The van der Waals surface area contributed by atoms with Crippen LogP contribution in [-0.4, -0.2) is 34.2 Å². The highest BCUT2D eigenvalue weighted by Gasteiger charge is 2.43. The standard InChI is InChI=1S/C15H17F2NO4/c1-14(2,3)22-13(21)18-7-10-6-9(12(19)20)4-5-11(10)15(16,17)8-18/h4-6H,7-8H2,1-3H3,(H,19,20).